The highest BCUT2D eigenvalue weighted by molar-refractivity contribution is 6.05. The van der Waals surface area contributed by atoms with Gasteiger partial charge in [0.05, 0.1) is 11.4 Å². The highest BCUT2D eigenvalue weighted by Crippen LogP contribution is 2.33. The van der Waals surface area contributed by atoms with Crippen LogP contribution in [0.5, 0.6) is 0 Å². The first kappa shape index (κ1) is 24.0. The number of benzene rings is 4. The zero-order valence-electron chi connectivity index (χ0n) is 21.0. The van der Waals surface area contributed by atoms with Crippen molar-refractivity contribution in [2.24, 2.45) is 7.05 Å². The van der Waals surface area contributed by atoms with E-state index in [1.807, 2.05) is 110 Å². The van der Waals surface area contributed by atoms with Crippen LogP contribution in [0.1, 0.15) is 27.6 Å². The number of nitrogens with zero attached hydrogens (tertiary/aromatic N) is 2. The van der Waals surface area contributed by atoms with Crippen LogP contribution in [0.4, 0.5) is 0 Å². The number of carbonyl (C=O) groups excluding carboxylic acids is 2. The summed E-state index contributed by atoms with van der Waals surface area (Å²) in [6, 6.07) is 36.2. The lowest BCUT2D eigenvalue weighted by molar-refractivity contribution is 0.111. The lowest BCUT2D eigenvalue weighted by atomic mass is 10.1. The van der Waals surface area contributed by atoms with E-state index in [9.17, 15) is 9.59 Å². The predicted molar refractivity (Wildman–Crippen MR) is 152 cm³/mol. The van der Waals surface area contributed by atoms with Gasteiger partial charge in [-0.3, -0.25) is 9.59 Å². The second kappa shape index (κ2) is 10.5. The summed E-state index contributed by atoms with van der Waals surface area (Å²) in [5.41, 5.74) is 7.89. The molecule has 4 nitrogen and oxygen atoms in total. The normalized spacial score (nSPS) is 10.8. The summed E-state index contributed by atoms with van der Waals surface area (Å²) in [6.45, 7) is 2.95. The first-order chi connectivity index (χ1) is 18.2. The van der Waals surface area contributed by atoms with Gasteiger partial charge in [-0.2, -0.15) is 0 Å². The standard InChI is InChI=1S/C17H15NO.C16H13NO/c1-2-18-16-11-7-6-10-14(16)15(12-19)17(18)13-8-4-3-5-9-13;1-17-15-10-6-5-9-13(15)14(11-18)16(17)12-7-3-2-4-8-12/h3-12H,2H2,1H3;2-11H,1H3. The molecule has 0 N–H and O–H groups in total. The molecule has 2 heterocycles. The zero-order valence-corrected chi connectivity index (χ0v) is 21.0. The molecule has 0 aliphatic carbocycles. The predicted octanol–water partition coefficient (Wildman–Crippen LogP) is 7.80. The van der Waals surface area contributed by atoms with E-state index in [1.165, 1.54) is 0 Å². The van der Waals surface area contributed by atoms with Crippen LogP contribution in [0, 0.1) is 0 Å². The average molecular weight is 485 g/mol. The maximum atomic E-state index is 11.5. The Bertz CT molecular complexity index is 1690. The van der Waals surface area contributed by atoms with Crippen LogP contribution in [-0.4, -0.2) is 21.7 Å². The third-order valence-electron chi connectivity index (χ3n) is 6.80. The van der Waals surface area contributed by atoms with E-state index in [4.69, 9.17) is 0 Å². The van der Waals surface area contributed by atoms with Crippen LogP contribution in [-0.2, 0) is 13.6 Å². The zero-order chi connectivity index (χ0) is 25.8. The first-order valence-corrected chi connectivity index (χ1v) is 12.4. The third kappa shape index (κ3) is 4.27. The van der Waals surface area contributed by atoms with Crippen molar-refractivity contribution in [3.05, 3.63) is 120 Å². The highest BCUT2D eigenvalue weighted by Gasteiger charge is 2.17. The summed E-state index contributed by atoms with van der Waals surface area (Å²) >= 11 is 0. The fraction of sp³-hybridized carbons (Fsp3) is 0.0909. The minimum atomic E-state index is 0.763. The van der Waals surface area contributed by atoms with Crippen LogP contribution in [0.3, 0.4) is 0 Å². The molecule has 4 heteroatoms. The molecular weight excluding hydrogens is 456 g/mol. The van der Waals surface area contributed by atoms with Crippen LogP contribution in [0.15, 0.2) is 109 Å². The van der Waals surface area contributed by atoms with E-state index < -0.39 is 0 Å². The van der Waals surface area contributed by atoms with E-state index in [2.05, 4.69) is 22.1 Å². The molecule has 37 heavy (non-hydrogen) atoms. The second-order valence-electron chi connectivity index (χ2n) is 8.83. The van der Waals surface area contributed by atoms with E-state index >= 15 is 0 Å². The van der Waals surface area contributed by atoms with Gasteiger partial charge in [-0.05, 0) is 30.2 Å². The van der Waals surface area contributed by atoms with Crippen molar-refractivity contribution in [1.82, 2.24) is 9.13 Å². The van der Waals surface area contributed by atoms with Gasteiger partial charge in [-0.15, -0.1) is 0 Å². The molecule has 0 aliphatic rings. The number of aryl methyl sites for hydroxylation is 2. The Morgan fingerprint density at radius 1 is 0.568 bits per heavy atom. The molecule has 4 aromatic carbocycles. The fourth-order valence-electron chi connectivity index (χ4n) is 5.17. The van der Waals surface area contributed by atoms with Crippen LogP contribution < -0.4 is 0 Å². The first-order valence-electron chi connectivity index (χ1n) is 12.4. The maximum Gasteiger partial charge on any atom is 0.152 e. The minimum Gasteiger partial charge on any atom is -0.343 e. The van der Waals surface area contributed by atoms with Crippen molar-refractivity contribution in [1.29, 1.82) is 0 Å². The topological polar surface area (TPSA) is 44.0 Å². The third-order valence-corrected chi connectivity index (χ3v) is 6.80. The van der Waals surface area contributed by atoms with Crippen molar-refractivity contribution in [3.63, 3.8) is 0 Å². The van der Waals surface area contributed by atoms with Crippen molar-refractivity contribution in [2.45, 2.75) is 13.5 Å². The van der Waals surface area contributed by atoms with E-state index in [0.717, 1.165) is 74.6 Å². The van der Waals surface area contributed by atoms with Crippen LogP contribution >= 0.6 is 0 Å². The molecule has 6 rings (SSSR count). The van der Waals surface area contributed by atoms with Crippen LogP contribution in [0.2, 0.25) is 0 Å². The molecule has 0 atom stereocenters. The lowest BCUT2D eigenvalue weighted by Crippen LogP contribution is -1.97. The van der Waals surface area contributed by atoms with Gasteiger partial charge < -0.3 is 9.13 Å². The summed E-state index contributed by atoms with van der Waals surface area (Å²) in [4.78, 5) is 22.9. The molecule has 0 bridgehead atoms. The molecule has 0 fully saturated rings. The molecule has 6 aromatic rings. The number of fused-ring (bicyclic) bond motifs is 2. The lowest BCUT2D eigenvalue weighted by Gasteiger charge is -2.08. The molecule has 2 aromatic heterocycles. The molecule has 0 spiro atoms. The van der Waals surface area contributed by atoms with Gasteiger partial charge in [-0.25, -0.2) is 0 Å². The van der Waals surface area contributed by atoms with Crippen molar-refractivity contribution in [2.75, 3.05) is 0 Å². The Morgan fingerprint density at radius 3 is 1.54 bits per heavy atom. The van der Waals surface area contributed by atoms with E-state index in [-0.39, 0.29) is 0 Å². The SMILES string of the molecule is CCn1c(-c2ccccc2)c(C=O)c2ccccc21.Cn1c(-c2ccccc2)c(C=O)c2ccccc21. The molecule has 0 unspecified atom stereocenters. The van der Waals surface area contributed by atoms with Crippen LogP contribution in [0.25, 0.3) is 44.3 Å². The van der Waals surface area contributed by atoms with Gasteiger partial charge in [0.1, 0.15) is 0 Å². The quantitative estimate of drug-likeness (QED) is 0.234. The summed E-state index contributed by atoms with van der Waals surface area (Å²) in [5.74, 6) is 0. The monoisotopic (exact) mass is 484 g/mol. The fourth-order valence-corrected chi connectivity index (χ4v) is 5.17. The van der Waals surface area contributed by atoms with Gasteiger partial charge in [0.15, 0.2) is 12.6 Å². The minimum absolute atomic E-state index is 0.763. The van der Waals surface area contributed by atoms with E-state index in [1.54, 1.807) is 0 Å². The summed E-state index contributed by atoms with van der Waals surface area (Å²) in [5, 5.41) is 2.03. The number of rotatable bonds is 5. The molecule has 0 saturated heterocycles. The van der Waals surface area contributed by atoms with Crippen molar-refractivity contribution < 1.29 is 9.59 Å². The van der Waals surface area contributed by atoms with Gasteiger partial charge in [0.2, 0.25) is 0 Å². The Labute approximate surface area is 216 Å². The number of carbonyl (C=O) groups is 2. The number of aldehydes is 2. The number of para-hydroxylation sites is 2. The van der Waals surface area contributed by atoms with Gasteiger partial charge in [-0.1, -0.05) is 97.1 Å². The molecule has 0 saturated carbocycles. The Balaban J connectivity index is 0.000000152. The number of hydrogen-bond donors (Lipinski definition) is 0. The van der Waals surface area contributed by atoms with E-state index in [0.29, 0.717) is 0 Å². The Morgan fingerprint density at radius 2 is 1.00 bits per heavy atom. The molecule has 0 radical (unpaired) electrons. The molecule has 0 amide bonds. The number of aromatic nitrogens is 2. The maximum absolute atomic E-state index is 11.5. The number of hydrogen-bond acceptors (Lipinski definition) is 2. The summed E-state index contributed by atoms with van der Waals surface area (Å²) < 4.78 is 4.28. The highest BCUT2D eigenvalue weighted by atomic mass is 16.1. The molecule has 182 valence electrons. The molecule has 0 aliphatic heterocycles. The van der Waals surface area contributed by atoms with Gasteiger partial charge >= 0.3 is 0 Å². The van der Waals surface area contributed by atoms with Gasteiger partial charge in [0, 0.05) is 46.5 Å². The second-order valence-corrected chi connectivity index (χ2v) is 8.83. The average Bonchev–Trinajstić information content (AvgIpc) is 3.45. The van der Waals surface area contributed by atoms with Crippen molar-refractivity contribution >= 4 is 34.4 Å². The molecular formula is C33H28N2O2. The summed E-state index contributed by atoms with van der Waals surface area (Å²) in [6.07, 6.45) is 1.92. The smallest absolute Gasteiger partial charge is 0.152 e. The largest absolute Gasteiger partial charge is 0.343 e. The van der Waals surface area contributed by atoms with Crippen molar-refractivity contribution in [3.8, 4) is 22.5 Å². The Kier molecular flexibility index (Phi) is 6.82. The summed E-state index contributed by atoms with van der Waals surface area (Å²) in [7, 11) is 2.00. The van der Waals surface area contributed by atoms with Gasteiger partial charge in [0.25, 0.3) is 0 Å². The Hall–Kier alpha value is -4.70.